The van der Waals surface area contributed by atoms with Gasteiger partial charge in [-0.05, 0) is 18.7 Å². The average Bonchev–Trinajstić information content (AvgIpc) is 2.71. The minimum Gasteiger partial charge on any atom is -0.342 e. The van der Waals surface area contributed by atoms with Gasteiger partial charge in [-0.2, -0.15) is 0 Å². The Morgan fingerprint density at radius 1 is 1.50 bits per heavy atom. The van der Waals surface area contributed by atoms with Crippen molar-refractivity contribution < 1.29 is 0 Å². The Morgan fingerprint density at radius 3 is 3.00 bits per heavy atom. The Bertz CT molecular complexity index is 478. The summed E-state index contributed by atoms with van der Waals surface area (Å²) in [5.41, 5.74) is 1.87. The molecule has 0 aliphatic heterocycles. The first-order valence-electron chi connectivity index (χ1n) is 5.57. The molecule has 1 aromatic heterocycles. The molecule has 2 aromatic rings. The summed E-state index contributed by atoms with van der Waals surface area (Å²) in [4.78, 5) is 7.85. The third-order valence-corrected chi connectivity index (χ3v) is 2.95. The first-order valence-corrected chi connectivity index (χ1v) is 5.95. The summed E-state index contributed by atoms with van der Waals surface area (Å²) in [5, 5.41) is 4.02. The van der Waals surface area contributed by atoms with E-state index in [0.717, 1.165) is 29.9 Å². The molecule has 0 fully saturated rings. The van der Waals surface area contributed by atoms with E-state index < -0.39 is 0 Å². The zero-order valence-corrected chi connectivity index (χ0v) is 10.3. The van der Waals surface area contributed by atoms with Gasteiger partial charge in [0.25, 0.3) is 0 Å². The Labute approximate surface area is 100 Å². The lowest BCUT2D eigenvalue weighted by Gasteiger charge is -2.07. The van der Waals surface area contributed by atoms with Crippen LogP contribution >= 0.6 is 11.6 Å². The van der Waals surface area contributed by atoms with Gasteiger partial charge in [0.1, 0.15) is 11.3 Å². The summed E-state index contributed by atoms with van der Waals surface area (Å²) in [5.74, 6) is 1.35. The van der Waals surface area contributed by atoms with Crippen molar-refractivity contribution in [2.75, 3.05) is 13.1 Å². The Balaban J connectivity index is 2.29. The van der Waals surface area contributed by atoms with Gasteiger partial charge in [-0.3, -0.25) is 0 Å². The van der Waals surface area contributed by atoms with Crippen molar-refractivity contribution in [3.63, 3.8) is 0 Å². The molecule has 16 heavy (non-hydrogen) atoms. The molecule has 2 N–H and O–H groups in total. The Kier molecular flexibility index (Phi) is 3.46. The highest BCUT2D eigenvalue weighted by Crippen LogP contribution is 2.23. The molecule has 2 rings (SSSR count). The van der Waals surface area contributed by atoms with Gasteiger partial charge in [0.05, 0.1) is 10.5 Å². The molecule has 86 valence electrons. The van der Waals surface area contributed by atoms with Crippen LogP contribution in [0.1, 0.15) is 25.6 Å². The van der Waals surface area contributed by atoms with Crippen LogP contribution in [-0.2, 0) is 0 Å². The van der Waals surface area contributed by atoms with Gasteiger partial charge in [-0.25, -0.2) is 4.98 Å². The number of hydrogen-bond acceptors (Lipinski definition) is 2. The third kappa shape index (κ3) is 2.20. The molecule has 0 bridgehead atoms. The zero-order chi connectivity index (χ0) is 11.5. The highest BCUT2D eigenvalue weighted by atomic mass is 35.5. The lowest BCUT2D eigenvalue weighted by molar-refractivity contribution is 0.614. The van der Waals surface area contributed by atoms with E-state index in [-0.39, 0.29) is 0 Å². The lowest BCUT2D eigenvalue weighted by Crippen LogP contribution is -2.19. The predicted octanol–water partition coefficient (Wildman–Crippen LogP) is 2.93. The van der Waals surface area contributed by atoms with Gasteiger partial charge in [0.2, 0.25) is 0 Å². The number of imidazole rings is 1. The molecule has 0 spiro atoms. The first-order chi connectivity index (χ1) is 7.72. The van der Waals surface area contributed by atoms with Gasteiger partial charge in [-0.1, -0.05) is 31.5 Å². The van der Waals surface area contributed by atoms with E-state index in [1.54, 1.807) is 0 Å². The van der Waals surface area contributed by atoms with Crippen molar-refractivity contribution in [2.45, 2.75) is 19.8 Å². The summed E-state index contributed by atoms with van der Waals surface area (Å²) in [7, 11) is 0. The molecule has 4 heteroatoms. The molecule has 0 saturated heterocycles. The molecular weight excluding hydrogens is 222 g/mol. The third-order valence-electron chi connectivity index (χ3n) is 2.65. The van der Waals surface area contributed by atoms with Gasteiger partial charge in [0.15, 0.2) is 0 Å². The maximum atomic E-state index is 6.08. The molecule has 0 amide bonds. The van der Waals surface area contributed by atoms with Gasteiger partial charge >= 0.3 is 0 Å². The van der Waals surface area contributed by atoms with Crippen LogP contribution in [0.4, 0.5) is 0 Å². The van der Waals surface area contributed by atoms with E-state index in [1.165, 1.54) is 0 Å². The standard InChI is InChI=1S/C12H16ClN3/c1-3-14-7-8(2)12-15-10-6-4-5-9(13)11(10)16-12/h4-6,8,14H,3,7H2,1-2H3,(H,15,16)/t8-/m1/s1. The SMILES string of the molecule is CCNC[C@@H](C)c1nc2c(Cl)cccc2[nH]1. The smallest absolute Gasteiger partial charge is 0.111 e. The Morgan fingerprint density at radius 2 is 2.31 bits per heavy atom. The largest absolute Gasteiger partial charge is 0.342 e. The second-order valence-corrected chi connectivity index (χ2v) is 4.37. The number of rotatable bonds is 4. The number of aromatic nitrogens is 2. The predicted molar refractivity (Wildman–Crippen MR) is 68.1 cm³/mol. The monoisotopic (exact) mass is 237 g/mol. The van der Waals surface area contributed by atoms with E-state index in [9.17, 15) is 0 Å². The summed E-state index contributed by atoms with van der Waals surface area (Å²) in [6.45, 7) is 6.15. The van der Waals surface area contributed by atoms with E-state index in [1.807, 2.05) is 18.2 Å². The van der Waals surface area contributed by atoms with E-state index >= 15 is 0 Å². The van der Waals surface area contributed by atoms with Gasteiger partial charge in [0, 0.05) is 12.5 Å². The number of H-pyrrole nitrogens is 1. The number of para-hydroxylation sites is 1. The van der Waals surface area contributed by atoms with Crippen LogP contribution in [0.2, 0.25) is 5.02 Å². The van der Waals surface area contributed by atoms with Crippen molar-refractivity contribution in [1.29, 1.82) is 0 Å². The molecule has 0 radical (unpaired) electrons. The first kappa shape index (κ1) is 11.4. The van der Waals surface area contributed by atoms with Crippen LogP contribution in [0.5, 0.6) is 0 Å². The number of nitrogens with zero attached hydrogens (tertiary/aromatic N) is 1. The normalized spacial score (nSPS) is 13.2. The fourth-order valence-electron chi connectivity index (χ4n) is 1.71. The van der Waals surface area contributed by atoms with E-state index in [4.69, 9.17) is 11.6 Å². The summed E-state index contributed by atoms with van der Waals surface area (Å²) < 4.78 is 0. The maximum Gasteiger partial charge on any atom is 0.111 e. The minimum atomic E-state index is 0.364. The van der Waals surface area contributed by atoms with Gasteiger partial charge in [-0.15, -0.1) is 0 Å². The van der Waals surface area contributed by atoms with Crippen molar-refractivity contribution in [2.24, 2.45) is 0 Å². The van der Waals surface area contributed by atoms with Crippen molar-refractivity contribution in [3.8, 4) is 0 Å². The van der Waals surface area contributed by atoms with Crippen LogP contribution in [0.25, 0.3) is 11.0 Å². The molecule has 0 saturated carbocycles. The minimum absolute atomic E-state index is 0.364. The molecule has 0 aliphatic rings. The summed E-state index contributed by atoms with van der Waals surface area (Å²) in [6, 6.07) is 5.79. The number of fused-ring (bicyclic) bond motifs is 1. The van der Waals surface area contributed by atoms with Crippen LogP contribution in [0.15, 0.2) is 18.2 Å². The fourth-order valence-corrected chi connectivity index (χ4v) is 1.92. The topological polar surface area (TPSA) is 40.7 Å². The van der Waals surface area contributed by atoms with Crippen LogP contribution in [0.3, 0.4) is 0 Å². The fraction of sp³-hybridized carbons (Fsp3) is 0.417. The van der Waals surface area contributed by atoms with Crippen molar-refractivity contribution >= 4 is 22.6 Å². The van der Waals surface area contributed by atoms with Crippen LogP contribution in [-0.4, -0.2) is 23.1 Å². The van der Waals surface area contributed by atoms with E-state index in [2.05, 4.69) is 29.1 Å². The second kappa shape index (κ2) is 4.85. The molecule has 1 heterocycles. The highest BCUT2D eigenvalue weighted by molar-refractivity contribution is 6.34. The zero-order valence-electron chi connectivity index (χ0n) is 9.55. The molecule has 3 nitrogen and oxygen atoms in total. The van der Waals surface area contributed by atoms with E-state index in [0.29, 0.717) is 10.9 Å². The summed E-state index contributed by atoms with van der Waals surface area (Å²) >= 11 is 6.08. The number of halogens is 1. The number of aromatic amines is 1. The van der Waals surface area contributed by atoms with Crippen molar-refractivity contribution in [1.82, 2.24) is 15.3 Å². The summed E-state index contributed by atoms with van der Waals surface area (Å²) in [6.07, 6.45) is 0. The average molecular weight is 238 g/mol. The number of benzene rings is 1. The second-order valence-electron chi connectivity index (χ2n) is 3.97. The van der Waals surface area contributed by atoms with Crippen LogP contribution < -0.4 is 5.32 Å². The van der Waals surface area contributed by atoms with Gasteiger partial charge < -0.3 is 10.3 Å². The number of nitrogens with one attached hydrogen (secondary N) is 2. The quantitative estimate of drug-likeness (QED) is 0.859. The number of likely N-dealkylation sites (N-methyl/N-ethyl adjacent to an activating group) is 1. The highest BCUT2D eigenvalue weighted by Gasteiger charge is 2.11. The Hall–Kier alpha value is -1.06. The lowest BCUT2D eigenvalue weighted by atomic mass is 10.2. The molecule has 1 aromatic carbocycles. The number of hydrogen-bond donors (Lipinski definition) is 2. The maximum absolute atomic E-state index is 6.08. The van der Waals surface area contributed by atoms with Crippen molar-refractivity contribution in [3.05, 3.63) is 29.0 Å². The molecule has 0 aliphatic carbocycles. The molecule has 0 unspecified atom stereocenters. The molecule has 1 atom stereocenters. The molecular formula is C12H16ClN3. The van der Waals surface area contributed by atoms with Crippen LogP contribution in [0, 0.1) is 0 Å².